The lowest BCUT2D eigenvalue weighted by Crippen LogP contribution is -2.29. The van der Waals surface area contributed by atoms with E-state index in [-0.39, 0.29) is 0 Å². The van der Waals surface area contributed by atoms with Crippen LogP contribution in [-0.4, -0.2) is 23.1 Å². The van der Waals surface area contributed by atoms with Crippen molar-refractivity contribution in [1.29, 1.82) is 0 Å². The van der Waals surface area contributed by atoms with E-state index >= 15 is 0 Å². The smallest absolute Gasteiger partial charge is 0.0384 e. The highest BCUT2D eigenvalue weighted by Crippen LogP contribution is 2.10. The van der Waals surface area contributed by atoms with Crippen molar-refractivity contribution < 1.29 is 0 Å². The molecule has 1 aromatic rings. The predicted molar refractivity (Wildman–Crippen MR) is 52.1 cm³/mol. The van der Waals surface area contributed by atoms with Crippen molar-refractivity contribution >= 4 is 0 Å². The average Bonchev–Trinajstić information content (AvgIpc) is 2.54. The summed E-state index contributed by atoms with van der Waals surface area (Å²) in [6, 6.07) is 4.31. The van der Waals surface area contributed by atoms with Crippen LogP contribution in [0.5, 0.6) is 0 Å². The van der Waals surface area contributed by atoms with Crippen LogP contribution < -0.4 is 0 Å². The Balaban J connectivity index is 0.000000336. The molecule has 2 heterocycles. The molecule has 0 unspecified atom stereocenters. The Bertz CT molecular complexity index is 227. The van der Waals surface area contributed by atoms with Gasteiger partial charge >= 0.3 is 0 Å². The minimum absolute atomic E-state index is 1.10. The zero-order valence-corrected chi connectivity index (χ0v) is 8.25. The van der Waals surface area contributed by atoms with Crippen LogP contribution in [0.2, 0.25) is 0 Å². The van der Waals surface area contributed by atoms with Crippen LogP contribution in [0.4, 0.5) is 0 Å². The van der Waals surface area contributed by atoms with Gasteiger partial charge in [0.1, 0.15) is 0 Å². The molecule has 1 aliphatic heterocycles. The zero-order valence-electron chi connectivity index (χ0n) is 8.25. The number of hydrogen-bond acceptors (Lipinski definition) is 1. The molecule has 12 heavy (non-hydrogen) atoms. The molecule has 0 bridgehead atoms. The molecule has 0 saturated carbocycles. The van der Waals surface area contributed by atoms with Gasteiger partial charge in [-0.3, -0.25) is 4.90 Å². The second kappa shape index (κ2) is 4.31. The molecule has 0 amide bonds. The Hall–Kier alpha value is -0.760. The van der Waals surface area contributed by atoms with E-state index < -0.39 is 0 Å². The Kier molecular flexibility index (Phi) is 3.35. The second-order valence-corrected chi connectivity index (χ2v) is 2.93. The molecular weight excluding hydrogens is 148 g/mol. The van der Waals surface area contributed by atoms with E-state index in [0.29, 0.717) is 0 Å². The monoisotopic (exact) mass is 166 g/mol. The predicted octanol–water partition coefficient (Wildman–Crippen LogP) is 1.96. The lowest BCUT2D eigenvalue weighted by Gasteiger charge is -2.24. The summed E-state index contributed by atoms with van der Waals surface area (Å²) in [6.07, 6.45) is 2.16. The normalized spacial score (nSPS) is 16.2. The molecule has 2 nitrogen and oxygen atoms in total. The van der Waals surface area contributed by atoms with Crippen LogP contribution in [0, 0.1) is 0 Å². The molecule has 0 saturated heterocycles. The van der Waals surface area contributed by atoms with Crippen LogP contribution in [0.1, 0.15) is 19.5 Å². The van der Waals surface area contributed by atoms with Gasteiger partial charge in [-0.25, -0.2) is 0 Å². The van der Waals surface area contributed by atoms with Gasteiger partial charge in [-0.1, -0.05) is 13.8 Å². The highest BCUT2D eigenvalue weighted by atomic mass is 15.2. The molecule has 0 atom stereocenters. The number of fused-ring (bicyclic) bond motifs is 1. The summed E-state index contributed by atoms with van der Waals surface area (Å²) < 4.78 is 2.32. The number of likely N-dealkylation sites (N-methyl/N-ethyl adjacent to an activating group) is 1. The third-order valence-electron chi connectivity index (χ3n) is 2.08. The fraction of sp³-hybridized carbons (Fsp3) is 0.600. The van der Waals surface area contributed by atoms with Gasteiger partial charge in [-0.05, 0) is 19.2 Å². The topological polar surface area (TPSA) is 8.17 Å². The Morgan fingerprint density at radius 2 is 2.00 bits per heavy atom. The number of aromatic nitrogens is 1. The fourth-order valence-corrected chi connectivity index (χ4v) is 1.45. The molecular formula is C10H18N2. The number of rotatable bonds is 0. The van der Waals surface area contributed by atoms with Gasteiger partial charge in [0.2, 0.25) is 0 Å². The van der Waals surface area contributed by atoms with Gasteiger partial charge in [0.25, 0.3) is 0 Å². The quantitative estimate of drug-likeness (QED) is 0.572. The zero-order chi connectivity index (χ0) is 8.97. The summed E-state index contributed by atoms with van der Waals surface area (Å²) in [4.78, 5) is 2.34. The Morgan fingerprint density at radius 3 is 2.75 bits per heavy atom. The number of nitrogens with zero attached hydrogens (tertiary/aromatic N) is 2. The summed E-state index contributed by atoms with van der Waals surface area (Å²) in [6.45, 7) is 7.44. The van der Waals surface area contributed by atoms with Gasteiger partial charge in [0.15, 0.2) is 0 Å². The van der Waals surface area contributed by atoms with Crippen LogP contribution >= 0.6 is 0 Å². The molecule has 1 aliphatic rings. The Labute approximate surface area is 74.8 Å². The highest BCUT2D eigenvalue weighted by Gasteiger charge is 2.09. The van der Waals surface area contributed by atoms with Gasteiger partial charge in [-0.15, -0.1) is 0 Å². The first-order valence-corrected chi connectivity index (χ1v) is 4.69. The summed E-state index contributed by atoms with van der Waals surface area (Å²) in [7, 11) is 2.16. The Morgan fingerprint density at radius 1 is 1.25 bits per heavy atom. The van der Waals surface area contributed by atoms with Crippen LogP contribution in [-0.2, 0) is 13.1 Å². The average molecular weight is 166 g/mol. The van der Waals surface area contributed by atoms with Crippen molar-refractivity contribution in [3.05, 3.63) is 24.0 Å². The van der Waals surface area contributed by atoms with Crippen molar-refractivity contribution in [2.24, 2.45) is 0 Å². The summed E-state index contributed by atoms with van der Waals surface area (Å²) in [5, 5.41) is 0. The molecule has 0 N–H and O–H groups in total. The van der Waals surface area contributed by atoms with Crippen molar-refractivity contribution in [3.63, 3.8) is 0 Å². The first kappa shape index (κ1) is 9.33. The maximum absolute atomic E-state index is 2.34. The standard InChI is InChI=1S/C8H12N2.C2H6/c1-9-5-6-10-4-2-3-8(10)7-9;1-2/h2-4H,5-7H2,1H3;1-2H3. The minimum atomic E-state index is 1.10. The van der Waals surface area contributed by atoms with Gasteiger partial charge in [0.05, 0.1) is 0 Å². The first-order valence-electron chi connectivity index (χ1n) is 4.69. The molecule has 0 spiro atoms. The molecule has 2 heteroatoms. The minimum Gasteiger partial charge on any atom is -0.349 e. The van der Waals surface area contributed by atoms with Crippen molar-refractivity contribution in [2.45, 2.75) is 26.9 Å². The van der Waals surface area contributed by atoms with Crippen molar-refractivity contribution in [2.75, 3.05) is 13.6 Å². The molecule has 0 aliphatic carbocycles. The van der Waals surface area contributed by atoms with E-state index in [1.807, 2.05) is 13.8 Å². The van der Waals surface area contributed by atoms with Gasteiger partial charge < -0.3 is 4.57 Å². The maximum Gasteiger partial charge on any atom is 0.0384 e. The SMILES string of the molecule is CC.CN1CCn2cccc2C1. The van der Waals surface area contributed by atoms with Crippen LogP contribution in [0.25, 0.3) is 0 Å². The third kappa shape index (κ3) is 1.89. The van der Waals surface area contributed by atoms with E-state index in [1.54, 1.807) is 0 Å². The molecule has 0 fully saturated rings. The molecule has 2 rings (SSSR count). The highest BCUT2D eigenvalue weighted by molar-refractivity contribution is 5.08. The lowest BCUT2D eigenvalue weighted by molar-refractivity contribution is 0.270. The fourth-order valence-electron chi connectivity index (χ4n) is 1.45. The van der Waals surface area contributed by atoms with Gasteiger partial charge in [0, 0.05) is 31.5 Å². The number of hydrogen-bond donors (Lipinski definition) is 0. The van der Waals surface area contributed by atoms with Crippen molar-refractivity contribution in [1.82, 2.24) is 9.47 Å². The summed E-state index contributed by atoms with van der Waals surface area (Å²) in [5.74, 6) is 0. The van der Waals surface area contributed by atoms with E-state index in [0.717, 1.165) is 13.1 Å². The van der Waals surface area contributed by atoms with E-state index in [4.69, 9.17) is 0 Å². The van der Waals surface area contributed by atoms with Crippen LogP contribution in [0.3, 0.4) is 0 Å². The van der Waals surface area contributed by atoms with E-state index in [2.05, 4.69) is 34.8 Å². The third-order valence-corrected chi connectivity index (χ3v) is 2.08. The molecule has 0 radical (unpaired) electrons. The molecule has 0 aromatic carbocycles. The van der Waals surface area contributed by atoms with Gasteiger partial charge in [-0.2, -0.15) is 0 Å². The van der Waals surface area contributed by atoms with E-state index in [9.17, 15) is 0 Å². The molecule has 68 valence electrons. The van der Waals surface area contributed by atoms with Crippen molar-refractivity contribution in [3.8, 4) is 0 Å². The largest absolute Gasteiger partial charge is 0.349 e. The van der Waals surface area contributed by atoms with E-state index in [1.165, 1.54) is 12.2 Å². The lowest BCUT2D eigenvalue weighted by atomic mass is 10.3. The summed E-state index contributed by atoms with van der Waals surface area (Å²) >= 11 is 0. The second-order valence-electron chi connectivity index (χ2n) is 2.93. The molecule has 1 aromatic heterocycles. The maximum atomic E-state index is 2.34. The summed E-state index contributed by atoms with van der Waals surface area (Å²) in [5.41, 5.74) is 1.44. The first-order chi connectivity index (χ1) is 5.86. The van der Waals surface area contributed by atoms with Crippen LogP contribution in [0.15, 0.2) is 18.3 Å².